The van der Waals surface area contributed by atoms with Gasteiger partial charge in [-0.1, -0.05) is 6.07 Å². The van der Waals surface area contributed by atoms with Gasteiger partial charge in [0.25, 0.3) is 5.91 Å². The van der Waals surface area contributed by atoms with Crippen LogP contribution in [0.1, 0.15) is 73.7 Å². The maximum Gasteiger partial charge on any atom is 0.391 e. The molecule has 2 aromatic rings. The van der Waals surface area contributed by atoms with Gasteiger partial charge in [-0.05, 0) is 87.7 Å². The number of rotatable bonds is 7. The van der Waals surface area contributed by atoms with E-state index in [2.05, 4.69) is 10.4 Å². The third-order valence-corrected chi connectivity index (χ3v) is 7.97. The number of fused-ring (bicyclic) bond motifs is 1. The van der Waals surface area contributed by atoms with Crippen molar-refractivity contribution in [1.29, 1.82) is 0 Å². The first kappa shape index (κ1) is 25.5. The van der Waals surface area contributed by atoms with E-state index < -0.39 is 18.1 Å². The molecule has 0 aliphatic heterocycles. The van der Waals surface area contributed by atoms with Gasteiger partial charge < -0.3 is 10.4 Å². The second-order valence-corrected chi connectivity index (χ2v) is 10.5. The number of carboxylic acid groups (broad SMARTS) is 1. The number of halogens is 3. The van der Waals surface area contributed by atoms with Gasteiger partial charge in [-0.3, -0.25) is 14.3 Å². The fourth-order valence-corrected chi connectivity index (χ4v) is 5.85. The largest absolute Gasteiger partial charge is 0.481 e. The van der Waals surface area contributed by atoms with Crippen LogP contribution in [-0.4, -0.2) is 39.5 Å². The molecular formula is C26H34F3N3O3. The molecule has 35 heavy (non-hydrogen) atoms. The van der Waals surface area contributed by atoms with Crippen LogP contribution in [0.5, 0.6) is 0 Å². The van der Waals surface area contributed by atoms with Crippen LogP contribution >= 0.6 is 0 Å². The van der Waals surface area contributed by atoms with E-state index in [-0.39, 0.29) is 37.0 Å². The smallest absolute Gasteiger partial charge is 0.391 e. The zero-order chi connectivity index (χ0) is 25.2. The summed E-state index contributed by atoms with van der Waals surface area (Å²) in [6.45, 7) is 3.07. The summed E-state index contributed by atoms with van der Waals surface area (Å²) in [6, 6.07) is 3.70. The lowest BCUT2D eigenvalue weighted by Gasteiger charge is -2.29. The first-order chi connectivity index (χ1) is 16.6. The normalized spacial score (nSPS) is 25.5. The van der Waals surface area contributed by atoms with Gasteiger partial charge in [0.2, 0.25) is 0 Å². The highest BCUT2D eigenvalue weighted by atomic mass is 19.4. The number of benzene rings is 1. The van der Waals surface area contributed by atoms with Crippen molar-refractivity contribution in [3.05, 3.63) is 29.5 Å². The van der Waals surface area contributed by atoms with E-state index in [1.807, 2.05) is 17.7 Å². The second kappa shape index (κ2) is 10.6. The van der Waals surface area contributed by atoms with Crippen LogP contribution in [-0.2, 0) is 11.3 Å². The number of amides is 1. The molecule has 0 bridgehead atoms. The number of nitrogens with one attached hydrogen (secondary N) is 1. The van der Waals surface area contributed by atoms with E-state index in [0.29, 0.717) is 37.4 Å². The average Bonchev–Trinajstić information content (AvgIpc) is 3.22. The van der Waals surface area contributed by atoms with Crippen molar-refractivity contribution < 1.29 is 27.9 Å². The zero-order valence-corrected chi connectivity index (χ0v) is 20.1. The number of carboxylic acids is 1. The Bertz CT molecular complexity index is 1050. The van der Waals surface area contributed by atoms with Gasteiger partial charge in [0, 0.05) is 24.9 Å². The highest BCUT2D eigenvalue weighted by molar-refractivity contribution is 6.06. The summed E-state index contributed by atoms with van der Waals surface area (Å²) in [5.74, 6) is -1.39. The summed E-state index contributed by atoms with van der Waals surface area (Å²) in [7, 11) is 0. The van der Waals surface area contributed by atoms with Crippen molar-refractivity contribution in [2.75, 3.05) is 6.54 Å². The fraction of sp³-hybridized carbons (Fsp3) is 0.654. The Morgan fingerprint density at radius 2 is 1.66 bits per heavy atom. The number of hydrogen-bond acceptors (Lipinski definition) is 3. The van der Waals surface area contributed by atoms with Crippen molar-refractivity contribution in [3.63, 3.8) is 0 Å². The molecule has 1 heterocycles. The molecule has 2 aliphatic carbocycles. The summed E-state index contributed by atoms with van der Waals surface area (Å²) in [6.07, 6.45) is 2.75. The first-order valence-corrected chi connectivity index (χ1v) is 12.6. The minimum atomic E-state index is -4.11. The van der Waals surface area contributed by atoms with E-state index >= 15 is 0 Å². The Hall–Kier alpha value is -2.58. The van der Waals surface area contributed by atoms with Crippen LogP contribution in [0.2, 0.25) is 0 Å². The number of hydrogen-bond donors (Lipinski definition) is 2. The van der Waals surface area contributed by atoms with Gasteiger partial charge >= 0.3 is 12.1 Å². The molecule has 2 aliphatic rings. The van der Waals surface area contributed by atoms with Gasteiger partial charge in [-0.25, -0.2) is 0 Å². The Morgan fingerprint density at radius 3 is 2.29 bits per heavy atom. The van der Waals surface area contributed by atoms with Gasteiger partial charge in [0.05, 0.1) is 23.2 Å². The molecule has 0 radical (unpaired) electrons. The highest BCUT2D eigenvalue weighted by Crippen LogP contribution is 2.40. The molecule has 2 N–H and O–H groups in total. The molecule has 6 nitrogen and oxygen atoms in total. The maximum absolute atomic E-state index is 13.0. The number of carbonyl (C=O) groups is 2. The number of aliphatic carboxylic acids is 1. The van der Waals surface area contributed by atoms with Crippen LogP contribution in [0.25, 0.3) is 10.9 Å². The Morgan fingerprint density at radius 1 is 1.03 bits per heavy atom. The van der Waals surface area contributed by atoms with E-state index in [1.165, 1.54) is 0 Å². The molecule has 1 aromatic heterocycles. The number of alkyl halides is 3. The standard InChI is InChI=1S/C26H34F3N3O3/c1-16-2-11-21(25(35)30-13-18-5-3-17(4-6-18)12-23(33)34)22-14-31-32(24(16)22)15-19-7-9-20(10-8-19)26(27,28)29/h2,11,14,17-20H,3-10,12-13,15H2,1H3,(H,30,35)(H,33,34). The summed E-state index contributed by atoms with van der Waals surface area (Å²) >= 11 is 0. The quantitative estimate of drug-likeness (QED) is 0.516. The fourth-order valence-electron chi connectivity index (χ4n) is 5.85. The minimum absolute atomic E-state index is 0.143. The van der Waals surface area contributed by atoms with Crippen molar-refractivity contribution >= 4 is 22.8 Å². The van der Waals surface area contributed by atoms with Crippen molar-refractivity contribution in [2.45, 2.75) is 77.4 Å². The molecule has 1 amide bonds. The Kier molecular flexibility index (Phi) is 7.71. The summed E-state index contributed by atoms with van der Waals surface area (Å²) in [4.78, 5) is 23.9. The Labute approximate surface area is 203 Å². The van der Waals surface area contributed by atoms with Gasteiger partial charge in [-0.15, -0.1) is 0 Å². The van der Waals surface area contributed by atoms with Gasteiger partial charge in [0.15, 0.2) is 0 Å². The summed E-state index contributed by atoms with van der Waals surface area (Å²) in [5, 5.41) is 17.3. The Balaban J connectivity index is 1.37. The number of nitrogens with zero attached hydrogens (tertiary/aromatic N) is 2. The maximum atomic E-state index is 13.0. The molecule has 0 unspecified atom stereocenters. The van der Waals surface area contributed by atoms with E-state index in [1.54, 1.807) is 12.3 Å². The topological polar surface area (TPSA) is 84.2 Å². The van der Waals surface area contributed by atoms with Crippen LogP contribution in [0.4, 0.5) is 13.2 Å². The molecule has 192 valence electrons. The number of aromatic nitrogens is 2. The van der Waals surface area contributed by atoms with E-state index in [9.17, 15) is 22.8 Å². The molecule has 9 heteroatoms. The molecule has 4 rings (SSSR count). The molecule has 0 atom stereocenters. The lowest BCUT2D eigenvalue weighted by atomic mass is 9.80. The lowest BCUT2D eigenvalue weighted by molar-refractivity contribution is -0.184. The second-order valence-electron chi connectivity index (χ2n) is 10.5. The van der Waals surface area contributed by atoms with Crippen molar-refractivity contribution in [1.82, 2.24) is 15.1 Å². The zero-order valence-electron chi connectivity index (χ0n) is 20.1. The van der Waals surface area contributed by atoms with Crippen LogP contribution in [0.15, 0.2) is 18.3 Å². The predicted octanol–water partition coefficient (Wildman–Crippen LogP) is 5.72. The number of carbonyl (C=O) groups excluding carboxylic acids is 1. The molecule has 0 saturated heterocycles. The summed E-state index contributed by atoms with van der Waals surface area (Å²) < 4.78 is 40.8. The molecule has 1 aromatic carbocycles. The molecule has 0 spiro atoms. The average molecular weight is 494 g/mol. The molecular weight excluding hydrogens is 459 g/mol. The summed E-state index contributed by atoms with van der Waals surface area (Å²) in [5.41, 5.74) is 2.40. The third-order valence-electron chi connectivity index (χ3n) is 7.97. The van der Waals surface area contributed by atoms with Crippen LogP contribution in [0, 0.1) is 30.6 Å². The minimum Gasteiger partial charge on any atom is -0.481 e. The third kappa shape index (κ3) is 6.16. The van der Waals surface area contributed by atoms with Crippen molar-refractivity contribution in [2.24, 2.45) is 23.7 Å². The van der Waals surface area contributed by atoms with Crippen LogP contribution < -0.4 is 5.32 Å². The molecule has 2 saturated carbocycles. The monoisotopic (exact) mass is 493 g/mol. The van der Waals surface area contributed by atoms with E-state index in [0.717, 1.165) is 42.1 Å². The van der Waals surface area contributed by atoms with Gasteiger partial charge in [0.1, 0.15) is 0 Å². The number of aryl methyl sites for hydroxylation is 1. The van der Waals surface area contributed by atoms with Crippen LogP contribution in [0.3, 0.4) is 0 Å². The lowest BCUT2D eigenvalue weighted by Crippen LogP contribution is -2.31. The predicted molar refractivity (Wildman–Crippen MR) is 126 cm³/mol. The van der Waals surface area contributed by atoms with E-state index in [4.69, 9.17) is 5.11 Å². The first-order valence-electron chi connectivity index (χ1n) is 12.6. The highest BCUT2D eigenvalue weighted by Gasteiger charge is 2.41. The van der Waals surface area contributed by atoms with Crippen molar-refractivity contribution in [3.8, 4) is 0 Å². The van der Waals surface area contributed by atoms with Gasteiger partial charge in [-0.2, -0.15) is 18.3 Å². The SMILES string of the molecule is Cc1ccc(C(=O)NCC2CCC(CC(=O)O)CC2)c2cnn(CC3CCC(C(F)(F)F)CC3)c12. The molecule has 2 fully saturated rings.